The molecule has 5 nitrogen and oxygen atoms in total. The molecule has 1 N–H and O–H groups in total. The van der Waals surface area contributed by atoms with Gasteiger partial charge < -0.3 is 14.7 Å². The maximum Gasteiger partial charge on any atom is 0.435 e. The number of morpholine rings is 1. The van der Waals surface area contributed by atoms with Crippen LogP contribution in [0, 0.1) is 0 Å². The molecule has 23 heavy (non-hydrogen) atoms. The predicted octanol–water partition coefficient (Wildman–Crippen LogP) is 2.23. The summed E-state index contributed by atoms with van der Waals surface area (Å²) in [5, 5.41) is 9.70. The fourth-order valence-corrected chi connectivity index (χ4v) is 2.86. The van der Waals surface area contributed by atoms with Crippen LogP contribution < -0.4 is 4.90 Å². The zero-order chi connectivity index (χ0) is 16.6. The van der Waals surface area contributed by atoms with Gasteiger partial charge in [0.1, 0.15) is 5.52 Å². The minimum Gasteiger partial charge on any atom is -0.394 e. The third-order valence-corrected chi connectivity index (χ3v) is 3.76. The first-order valence-electron chi connectivity index (χ1n) is 7.22. The summed E-state index contributed by atoms with van der Waals surface area (Å²) in [6, 6.07) is 3.20. The third kappa shape index (κ3) is 3.09. The second kappa shape index (κ2) is 5.93. The van der Waals surface area contributed by atoms with Crippen LogP contribution in [0.1, 0.15) is 12.6 Å². The third-order valence-electron chi connectivity index (χ3n) is 3.76. The fraction of sp³-hybridized carbons (Fsp3) is 0.467. The Bertz CT molecular complexity index is 708. The summed E-state index contributed by atoms with van der Waals surface area (Å²) in [5.41, 5.74) is -0.594. The molecular weight excluding hydrogens is 311 g/mol. The minimum absolute atomic E-state index is 0.144. The number of fused-ring (bicyclic) bond motifs is 1. The van der Waals surface area contributed by atoms with E-state index in [-0.39, 0.29) is 24.3 Å². The second-order valence-corrected chi connectivity index (χ2v) is 5.55. The van der Waals surface area contributed by atoms with Crippen LogP contribution in [0.2, 0.25) is 0 Å². The molecule has 3 heterocycles. The van der Waals surface area contributed by atoms with Crippen molar-refractivity contribution in [1.82, 2.24) is 9.97 Å². The summed E-state index contributed by atoms with van der Waals surface area (Å²) in [6.07, 6.45) is -2.54. The molecule has 0 unspecified atom stereocenters. The average Bonchev–Trinajstić information content (AvgIpc) is 2.52. The van der Waals surface area contributed by atoms with Crippen LogP contribution in [0.4, 0.5) is 18.9 Å². The van der Waals surface area contributed by atoms with E-state index in [0.717, 1.165) is 0 Å². The highest BCUT2D eigenvalue weighted by molar-refractivity contribution is 5.92. The summed E-state index contributed by atoms with van der Waals surface area (Å²) in [5.74, 6) is 0. The summed E-state index contributed by atoms with van der Waals surface area (Å²) in [4.78, 5) is 9.35. The van der Waals surface area contributed by atoms with Crippen molar-refractivity contribution in [3.8, 4) is 0 Å². The number of anilines is 1. The van der Waals surface area contributed by atoms with Gasteiger partial charge in [-0.05, 0) is 19.1 Å². The van der Waals surface area contributed by atoms with E-state index in [0.29, 0.717) is 24.2 Å². The highest BCUT2D eigenvalue weighted by Gasteiger charge is 2.36. The van der Waals surface area contributed by atoms with E-state index in [1.807, 2.05) is 11.8 Å². The van der Waals surface area contributed by atoms with Crippen LogP contribution in [-0.4, -0.2) is 47.0 Å². The lowest BCUT2D eigenvalue weighted by Gasteiger charge is -2.37. The van der Waals surface area contributed by atoms with Crippen molar-refractivity contribution in [1.29, 1.82) is 0 Å². The summed E-state index contributed by atoms with van der Waals surface area (Å²) in [7, 11) is 0. The first kappa shape index (κ1) is 15.9. The highest BCUT2D eigenvalue weighted by Crippen LogP contribution is 2.36. The van der Waals surface area contributed by atoms with Crippen molar-refractivity contribution in [2.45, 2.75) is 25.3 Å². The van der Waals surface area contributed by atoms with Gasteiger partial charge in [0.25, 0.3) is 0 Å². The smallest absolute Gasteiger partial charge is 0.394 e. The molecule has 0 aromatic carbocycles. The number of aliphatic hydroxyl groups is 1. The molecule has 8 heteroatoms. The van der Waals surface area contributed by atoms with Gasteiger partial charge in [-0.15, -0.1) is 0 Å². The lowest BCUT2D eigenvalue weighted by molar-refractivity contribution is -0.139. The molecule has 0 spiro atoms. The van der Waals surface area contributed by atoms with Crippen LogP contribution in [0.3, 0.4) is 0 Å². The minimum atomic E-state index is -4.56. The number of aliphatic hydroxyl groups excluding tert-OH is 1. The molecule has 1 saturated heterocycles. The Balaban J connectivity index is 2.09. The first-order chi connectivity index (χ1) is 10.9. The molecule has 1 fully saturated rings. The zero-order valence-electron chi connectivity index (χ0n) is 12.4. The quantitative estimate of drug-likeness (QED) is 0.917. The van der Waals surface area contributed by atoms with Gasteiger partial charge >= 0.3 is 6.18 Å². The van der Waals surface area contributed by atoms with Crippen molar-refractivity contribution in [3.63, 3.8) is 0 Å². The van der Waals surface area contributed by atoms with E-state index < -0.39 is 11.9 Å². The van der Waals surface area contributed by atoms with Crippen molar-refractivity contribution in [2.24, 2.45) is 0 Å². The van der Waals surface area contributed by atoms with Gasteiger partial charge in [0.15, 0.2) is 5.69 Å². The largest absolute Gasteiger partial charge is 0.435 e. The van der Waals surface area contributed by atoms with Crippen LogP contribution in [0.15, 0.2) is 24.5 Å². The second-order valence-electron chi connectivity index (χ2n) is 5.55. The summed E-state index contributed by atoms with van der Waals surface area (Å²) >= 11 is 0. The van der Waals surface area contributed by atoms with Gasteiger partial charge in [0.2, 0.25) is 0 Å². The van der Waals surface area contributed by atoms with Gasteiger partial charge in [0, 0.05) is 24.7 Å². The van der Waals surface area contributed by atoms with E-state index in [9.17, 15) is 18.3 Å². The van der Waals surface area contributed by atoms with Crippen molar-refractivity contribution in [3.05, 3.63) is 30.2 Å². The number of rotatable bonds is 2. The molecule has 1 aliphatic rings. The van der Waals surface area contributed by atoms with Gasteiger partial charge in [0.05, 0.1) is 30.7 Å². The predicted molar refractivity (Wildman–Crippen MR) is 78.2 cm³/mol. The van der Waals surface area contributed by atoms with Crippen molar-refractivity contribution >= 4 is 16.6 Å². The number of nitrogens with zero attached hydrogens (tertiary/aromatic N) is 3. The Kier molecular flexibility index (Phi) is 4.11. The van der Waals surface area contributed by atoms with E-state index >= 15 is 0 Å². The Labute approximate surface area is 130 Å². The maximum atomic E-state index is 13.1. The molecule has 2 aromatic heterocycles. The summed E-state index contributed by atoms with van der Waals surface area (Å²) in [6.45, 7) is 2.60. The number of hydrogen-bond acceptors (Lipinski definition) is 5. The molecule has 3 rings (SSSR count). The number of pyridine rings is 2. The van der Waals surface area contributed by atoms with Gasteiger partial charge in [-0.3, -0.25) is 4.98 Å². The monoisotopic (exact) mass is 327 g/mol. The zero-order valence-corrected chi connectivity index (χ0v) is 12.4. The van der Waals surface area contributed by atoms with Crippen LogP contribution in [0.25, 0.3) is 10.9 Å². The first-order valence-corrected chi connectivity index (χ1v) is 7.22. The molecule has 0 bridgehead atoms. The fourth-order valence-electron chi connectivity index (χ4n) is 2.86. The van der Waals surface area contributed by atoms with E-state index in [1.54, 1.807) is 12.1 Å². The Morgan fingerprint density at radius 3 is 2.83 bits per heavy atom. The number of ether oxygens (including phenoxy) is 1. The van der Waals surface area contributed by atoms with Crippen LogP contribution in [-0.2, 0) is 10.9 Å². The van der Waals surface area contributed by atoms with Crippen LogP contribution in [0.5, 0.6) is 0 Å². The SMILES string of the molecule is C[C@@H]1CN(c2cnc(C(F)(F)F)c3ncccc23)C[C@H](CO)O1. The van der Waals surface area contributed by atoms with Gasteiger partial charge in [-0.25, -0.2) is 4.98 Å². The van der Waals surface area contributed by atoms with E-state index in [2.05, 4.69) is 9.97 Å². The molecule has 0 aliphatic carbocycles. The Hall–Kier alpha value is -1.93. The molecule has 2 atom stereocenters. The van der Waals surface area contributed by atoms with Crippen LogP contribution >= 0.6 is 0 Å². The molecular formula is C15H16F3N3O2. The molecule has 1 aliphatic heterocycles. The molecule has 0 radical (unpaired) electrons. The average molecular weight is 327 g/mol. The summed E-state index contributed by atoms with van der Waals surface area (Å²) < 4.78 is 44.9. The maximum absolute atomic E-state index is 13.1. The number of halogens is 3. The van der Waals surface area contributed by atoms with Crippen molar-refractivity contribution < 1.29 is 23.0 Å². The molecule has 0 amide bonds. The number of hydrogen-bond donors (Lipinski definition) is 1. The lowest BCUT2D eigenvalue weighted by atomic mass is 10.1. The topological polar surface area (TPSA) is 58.5 Å². The molecule has 0 saturated carbocycles. The standard InChI is InChI=1S/C15H16F3N3O2/c1-9-6-21(7-10(8-22)23-9)12-5-20-14(15(16,17)18)13-11(12)3-2-4-19-13/h2-5,9-10,22H,6-8H2,1H3/t9-,10-/m1/s1. The van der Waals surface area contributed by atoms with Gasteiger partial charge in [-0.2, -0.15) is 13.2 Å². The van der Waals surface area contributed by atoms with Gasteiger partial charge in [-0.1, -0.05) is 0 Å². The van der Waals surface area contributed by atoms with Crippen molar-refractivity contribution in [2.75, 3.05) is 24.6 Å². The Morgan fingerprint density at radius 2 is 2.13 bits per heavy atom. The molecule has 2 aromatic rings. The highest BCUT2D eigenvalue weighted by atomic mass is 19.4. The number of aromatic nitrogens is 2. The number of alkyl halides is 3. The normalized spacial score (nSPS) is 22.6. The van der Waals surface area contributed by atoms with E-state index in [4.69, 9.17) is 4.74 Å². The Morgan fingerprint density at radius 1 is 1.35 bits per heavy atom. The lowest BCUT2D eigenvalue weighted by Crippen LogP contribution is -2.48. The van der Waals surface area contributed by atoms with E-state index in [1.165, 1.54) is 12.4 Å². The molecule has 124 valence electrons.